The molecule has 0 unspecified atom stereocenters. The van der Waals surface area contributed by atoms with Gasteiger partial charge in [0.2, 0.25) is 5.91 Å². The molecule has 148 valence electrons. The molecule has 0 aliphatic carbocycles. The number of carbonyl (C=O) groups excluding carboxylic acids is 3. The number of amides is 4. The summed E-state index contributed by atoms with van der Waals surface area (Å²) in [4.78, 5) is 42.3. The molecule has 2 N–H and O–H groups in total. The predicted octanol–water partition coefficient (Wildman–Crippen LogP) is 2.04. The van der Waals surface area contributed by atoms with Gasteiger partial charge in [-0.1, -0.05) is 30.3 Å². The number of imide groups is 1. The molecule has 1 aromatic heterocycles. The van der Waals surface area contributed by atoms with Gasteiger partial charge in [0.25, 0.3) is 5.91 Å². The second-order valence-electron chi connectivity index (χ2n) is 6.74. The third-order valence-corrected chi connectivity index (χ3v) is 4.98. The molecule has 4 rings (SSSR count). The van der Waals surface area contributed by atoms with Gasteiger partial charge in [-0.15, -0.1) is 0 Å². The molecule has 1 aliphatic rings. The van der Waals surface area contributed by atoms with Crippen LogP contribution < -0.4 is 10.6 Å². The summed E-state index contributed by atoms with van der Waals surface area (Å²) in [6.07, 6.45) is 0. The molecule has 4 amide bonds. The molecule has 8 heteroatoms. The van der Waals surface area contributed by atoms with Gasteiger partial charge in [-0.05, 0) is 30.7 Å². The number of urea groups is 1. The zero-order valence-electron chi connectivity index (χ0n) is 16.0. The van der Waals surface area contributed by atoms with Crippen molar-refractivity contribution < 1.29 is 14.4 Å². The number of carbonyl (C=O) groups is 3. The first-order chi connectivity index (χ1) is 14.1. The van der Waals surface area contributed by atoms with E-state index in [0.29, 0.717) is 11.1 Å². The van der Waals surface area contributed by atoms with Crippen molar-refractivity contribution in [3.05, 3.63) is 65.5 Å². The smallest absolute Gasteiger partial charge is 0.324 e. The molecule has 0 spiro atoms. The SMILES string of the molecule is CCn1c(CNC(=O)c2ccccc2CN2C(=O)CNC2=O)nc2ccccc21. The molecular weight excluding hydrogens is 370 g/mol. The number of imidazole rings is 1. The Morgan fingerprint density at radius 2 is 1.90 bits per heavy atom. The highest BCUT2D eigenvalue weighted by Crippen LogP contribution is 2.17. The summed E-state index contributed by atoms with van der Waals surface area (Å²) in [5, 5.41) is 5.40. The van der Waals surface area contributed by atoms with E-state index < -0.39 is 6.03 Å². The lowest BCUT2D eigenvalue weighted by Gasteiger charge is -2.15. The molecule has 2 aromatic carbocycles. The summed E-state index contributed by atoms with van der Waals surface area (Å²) in [6.45, 7) is 3.10. The van der Waals surface area contributed by atoms with Gasteiger partial charge in [0.05, 0.1) is 30.7 Å². The van der Waals surface area contributed by atoms with Crippen LogP contribution in [-0.4, -0.2) is 38.8 Å². The Balaban J connectivity index is 1.52. The fourth-order valence-corrected chi connectivity index (χ4v) is 3.53. The molecule has 0 bridgehead atoms. The Bertz CT molecular complexity index is 1090. The van der Waals surface area contributed by atoms with Crippen LogP contribution in [-0.2, 0) is 24.4 Å². The van der Waals surface area contributed by atoms with Gasteiger partial charge in [0, 0.05) is 12.1 Å². The fraction of sp³-hybridized carbons (Fsp3) is 0.238. The normalized spacial score (nSPS) is 13.8. The molecule has 1 aliphatic heterocycles. The van der Waals surface area contributed by atoms with Gasteiger partial charge >= 0.3 is 6.03 Å². The highest BCUT2D eigenvalue weighted by Gasteiger charge is 2.29. The van der Waals surface area contributed by atoms with Crippen LogP contribution in [0, 0.1) is 0 Å². The fourth-order valence-electron chi connectivity index (χ4n) is 3.53. The highest BCUT2D eigenvalue weighted by molar-refractivity contribution is 6.02. The van der Waals surface area contributed by atoms with E-state index in [9.17, 15) is 14.4 Å². The maximum Gasteiger partial charge on any atom is 0.324 e. The molecule has 3 aromatic rings. The Morgan fingerprint density at radius 3 is 2.66 bits per heavy atom. The summed E-state index contributed by atoms with van der Waals surface area (Å²) in [5.41, 5.74) is 2.95. The molecular formula is C21H21N5O3. The van der Waals surface area contributed by atoms with Gasteiger partial charge < -0.3 is 15.2 Å². The molecule has 0 radical (unpaired) electrons. The van der Waals surface area contributed by atoms with Gasteiger partial charge in [0.15, 0.2) is 0 Å². The van der Waals surface area contributed by atoms with Crippen molar-refractivity contribution in [3.8, 4) is 0 Å². The third-order valence-electron chi connectivity index (χ3n) is 4.98. The summed E-state index contributed by atoms with van der Waals surface area (Å²) in [7, 11) is 0. The minimum absolute atomic E-state index is 0.0135. The molecule has 1 fully saturated rings. The first-order valence-corrected chi connectivity index (χ1v) is 9.47. The summed E-state index contributed by atoms with van der Waals surface area (Å²) in [6, 6.07) is 14.4. The average Bonchev–Trinajstić information content (AvgIpc) is 3.26. The minimum Gasteiger partial charge on any atom is -0.345 e. The van der Waals surface area contributed by atoms with Crippen molar-refractivity contribution in [2.75, 3.05) is 6.54 Å². The van der Waals surface area contributed by atoms with Crippen molar-refractivity contribution in [2.24, 2.45) is 0 Å². The van der Waals surface area contributed by atoms with Crippen LogP contribution in [0.25, 0.3) is 11.0 Å². The zero-order chi connectivity index (χ0) is 20.4. The van der Waals surface area contributed by atoms with Crippen LogP contribution in [0.4, 0.5) is 4.79 Å². The van der Waals surface area contributed by atoms with E-state index in [-0.39, 0.29) is 31.4 Å². The molecule has 8 nitrogen and oxygen atoms in total. The number of nitrogens with zero attached hydrogens (tertiary/aromatic N) is 3. The maximum absolute atomic E-state index is 12.8. The number of fused-ring (bicyclic) bond motifs is 1. The van der Waals surface area contributed by atoms with E-state index in [1.54, 1.807) is 24.3 Å². The van der Waals surface area contributed by atoms with E-state index in [1.165, 1.54) is 0 Å². The first-order valence-electron chi connectivity index (χ1n) is 9.47. The van der Waals surface area contributed by atoms with Crippen molar-refractivity contribution >= 4 is 28.9 Å². The Kier molecular flexibility index (Phi) is 4.99. The van der Waals surface area contributed by atoms with E-state index in [1.807, 2.05) is 31.2 Å². The first kappa shape index (κ1) is 18.7. The predicted molar refractivity (Wildman–Crippen MR) is 107 cm³/mol. The van der Waals surface area contributed by atoms with Gasteiger partial charge in [-0.3, -0.25) is 14.5 Å². The molecule has 1 saturated heterocycles. The number of hydrogen-bond acceptors (Lipinski definition) is 4. The van der Waals surface area contributed by atoms with Crippen LogP contribution in [0.1, 0.15) is 28.7 Å². The minimum atomic E-state index is -0.443. The van der Waals surface area contributed by atoms with Crippen LogP contribution in [0.5, 0.6) is 0 Å². The van der Waals surface area contributed by atoms with E-state index in [4.69, 9.17) is 0 Å². The number of aromatic nitrogens is 2. The lowest BCUT2D eigenvalue weighted by atomic mass is 10.1. The molecule has 0 saturated carbocycles. The van der Waals surface area contributed by atoms with Crippen LogP contribution >= 0.6 is 0 Å². The Labute approximate surface area is 167 Å². The number of aryl methyl sites for hydroxylation is 1. The van der Waals surface area contributed by atoms with E-state index in [0.717, 1.165) is 28.3 Å². The van der Waals surface area contributed by atoms with Gasteiger partial charge in [-0.25, -0.2) is 9.78 Å². The monoisotopic (exact) mass is 391 g/mol. The van der Waals surface area contributed by atoms with Gasteiger partial charge in [-0.2, -0.15) is 0 Å². The third kappa shape index (κ3) is 3.56. The van der Waals surface area contributed by atoms with Crippen molar-refractivity contribution in [1.29, 1.82) is 0 Å². The van der Waals surface area contributed by atoms with E-state index >= 15 is 0 Å². The maximum atomic E-state index is 12.8. The van der Waals surface area contributed by atoms with Gasteiger partial charge in [0.1, 0.15) is 5.82 Å². The Hall–Kier alpha value is -3.68. The lowest BCUT2D eigenvalue weighted by Crippen LogP contribution is -2.32. The second-order valence-corrected chi connectivity index (χ2v) is 6.74. The van der Waals surface area contributed by atoms with Crippen molar-refractivity contribution in [1.82, 2.24) is 25.1 Å². The van der Waals surface area contributed by atoms with Crippen molar-refractivity contribution in [2.45, 2.75) is 26.6 Å². The second kappa shape index (κ2) is 7.75. The number of rotatable bonds is 6. The lowest BCUT2D eigenvalue weighted by molar-refractivity contribution is -0.125. The molecule has 2 heterocycles. The van der Waals surface area contributed by atoms with E-state index in [2.05, 4.69) is 20.2 Å². The van der Waals surface area contributed by atoms with Crippen LogP contribution in [0.3, 0.4) is 0 Å². The molecule has 29 heavy (non-hydrogen) atoms. The largest absolute Gasteiger partial charge is 0.345 e. The van der Waals surface area contributed by atoms with Crippen LogP contribution in [0.2, 0.25) is 0 Å². The number of para-hydroxylation sites is 2. The molecule has 0 atom stereocenters. The number of hydrogen-bond donors (Lipinski definition) is 2. The van der Waals surface area contributed by atoms with Crippen LogP contribution in [0.15, 0.2) is 48.5 Å². The number of nitrogens with one attached hydrogen (secondary N) is 2. The zero-order valence-corrected chi connectivity index (χ0v) is 16.0. The quantitative estimate of drug-likeness (QED) is 0.629. The van der Waals surface area contributed by atoms with Crippen molar-refractivity contribution in [3.63, 3.8) is 0 Å². The summed E-state index contributed by atoms with van der Waals surface area (Å²) in [5.74, 6) is 0.192. The topological polar surface area (TPSA) is 96.3 Å². The summed E-state index contributed by atoms with van der Waals surface area (Å²) < 4.78 is 2.06. The highest BCUT2D eigenvalue weighted by atomic mass is 16.2. The Morgan fingerprint density at radius 1 is 1.14 bits per heavy atom. The summed E-state index contributed by atoms with van der Waals surface area (Å²) >= 11 is 0. The average molecular weight is 391 g/mol. The number of benzene rings is 2. The standard InChI is InChI=1S/C21H21N5O3/c1-2-25-17-10-6-5-9-16(17)24-18(25)11-22-20(28)15-8-4-3-7-14(15)13-26-19(27)12-23-21(26)29/h3-10H,2,11-13H2,1H3,(H,22,28)(H,23,29).